The number of amides is 1. The molecule has 0 unspecified atom stereocenters. The molecule has 0 fully saturated rings. The van der Waals surface area contributed by atoms with Gasteiger partial charge < -0.3 is 4.90 Å². The predicted molar refractivity (Wildman–Crippen MR) is 94.7 cm³/mol. The number of carbonyl (C=O) groups is 1. The Morgan fingerprint density at radius 1 is 1.43 bits per heavy atom. The largest absolute Gasteiger partial charge is 0.346 e. The van der Waals surface area contributed by atoms with Crippen molar-refractivity contribution in [2.24, 2.45) is 0 Å². The fraction of sp³-hybridized carbons (Fsp3) is 0.471. The number of aryl methyl sites for hydroxylation is 1. The lowest BCUT2D eigenvalue weighted by atomic mass is 10.1. The number of rotatable bonds is 7. The van der Waals surface area contributed by atoms with E-state index in [0.717, 1.165) is 30.8 Å². The molecule has 0 radical (unpaired) electrons. The third-order valence-corrected chi connectivity index (χ3v) is 4.17. The fourth-order valence-corrected chi connectivity index (χ4v) is 2.67. The molecular formula is C17H24N4OS. The number of nitrogens with one attached hydrogen (secondary N) is 1. The van der Waals surface area contributed by atoms with Gasteiger partial charge in [0.25, 0.3) is 0 Å². The summed E-state index contributed by atoms with van der Waals surface area (Å²) in [4.78, 5) is 14.0. The second-order valence-corrected chi connectivity index (χ2v) is 6.18. The van der Waals surface area contributed by atoms with E-state index in [2.05, 4.69) is 23.2 Å². The molecule has 2 aromatic rings. The normalized spacial score (nSPS) is 10.7. The van der Waals surface area contributed by atoms with E-state index in [0.29, 0.717) is 17.7 Å². The van der Waals surface area contributed by atoms with Crippen LogP contribution in [0.25, 0.3) is 11.4 Å². The molecule has 23 heavy (non-hydrogen) atoms. The number of aromatic amines is 1. The molecule has 0 saturated carbocycles. The Labute approximate surface area is 142 Å². The first kappa shape index (κ1) is 17.4. The van der Waals surface area contributed by atoms with Gasteiger partial charge in [0.05, 0.1) is 0 Å². The number of carbonyl (C=O) groups excluding carboxylic acids is 1. The zero-order valence-corrected chi connectivity index (χ0v) is 14.8. The SMILES string of the molecule is CCCCN(C)C(=O)CCn1c(-c2cccc(C)c2)n[nH]c1=S. The number of hydrogen-bond donors (Lipinski definition) is 1. The van der Waals surface area contributed by atoms with Gasteiger partial charge in [0.1, 0.15) is 0 Å². The van der Waals surface area contributed by atoms with Crippen molar-refractivity contribution in [3.63, 3.8) is 0 Å². The maximum atomic E-state index is 12.2. The number of aromatic nitrogens is 3. The zero-order valence-electron chi connectivity index (χ0n) is 14.0. The van der Waals surface area contributed by atoms with E-state index in [1.807, 2.05) is 36.7 Å². The highest BCUT2D eigenvalue weighted by Crippen LogP contribution is 2.19. The van der Waals surface area contributed by atoms with Gasteiger partial charge in [0, 0.05) is 32.1 Å². The summed E-state index contributed by atoms with van der Waals surface area (Å²) in [6.45, 7) is 5.50. The molecular weight excluding hydrogens is 308 g/mol. The summed E-state index contributed by atoms with van der Waals surface area (Å²) in [5.41, 5.74) is 2.17. The highest BCUT2D eigenvalue weighted by atomic mass is 32.1. The van der Waals surface area contributed by atoms with E-state index >= 15 is 0 Å². The summed E-state index contributed by atoms with van der Waals surface area (Å²) < 4.78 is 2.45. The number of nitrogens with zero attached hydrogens (tertiary/aromatic N) is 3. The summed E-state index contributed by atoms with van der Waals surface area (Å²) in [5.74, 6) is 0.916. The van der Waals surface area contributed by atoms with E-state index in [4.69, 9.17) is 12.2 Å². The quantitative estimate of drug-likeness (QED) is 0.789. The van der Waals surface area contributed by atoms with Gasteiger partial charge in [-0.2, -0.15) is 5.10 Å². The Kier molecular flexibility index (Phi) is 6.10. The standard InChI is InChI=1S/C17H24N4OS/c1-4-5-10-20(3)15(22)9-11-21-16(18-19-17(21)23)14-8-6-7-13(2)12-14/h6-8,12H,4-5,9-11H2,1-3H3,(H,19,23). The molecule has 1 amide bonds. The number of unbranched alkanes of at least 4 members (excludes halogenated alkanes) is 1. The first-order chi connectivity index (χ1) is 11.0. The van der Waals surface area contributed by atoms with Crippen molar-refractivity contribution in [3.05, 3.63) is 34.6 Å². The minimum Gasteiger partial charge on any atom is -0.346 e. The van der Waals surface area contributed by atoms with Gasteiger partial charge in [-0.15, -0.1) is 0 Å². The van der Waals surface area contributed by atoms with Crippen LogP contribution in [0.2, 0.25) is 0 Å². The molecule has 1 aromatic heterocycles. The van der Waals surface area contributed by atoms with Crippen LogP contribution in [0, 0.1) is 11.7 Å². The fourth-order valence-electron chi connectivity index (χ4n) is 2.45. The van der Waals surface area contributed by atoms with Gasteiger partial charge in [0.15, 0.2) is 10.6 Å². The number of benzene rings is 1. The second-order valence-electron chi connectivity index (χ2n) is 5.79. The summed E-state index contributed by atoms with van der Waals surface area (Å²) in [7, 11) is 1.86. The van der Waals surface area contributed by atoms with Crippen molar-refractivity contribution in [1.82, 2.24) is 19.7 Å². The molecule has 0 aliphatic rings. The second kappa shape index (κ2) is 8.06. The van der Waals surface area contributed by atoms with Crippen LogP contribution in [0.4, 0.5) is 0 Å². The lowest BCUT2D eigenvalue weighted by Crippen LogP contribution is -2.28. The van der Waals surface area contributed by atoms with Gasteiger partial charge in [-0.05, 0) is 31.6 Å². The lowest BCUT2D eigenvalue weighted by molar-refractivity contribution is -0.130. The monoisotopic (exact) mass is 332 g/mol. The predicted octanol–water partition coefficient (Wildman–Crippen LogP) is 3.56. The molecule has 1 aromatic carbocycles. The van der Waals surface area contributed by atoms with Crippen LogP contribution in [0.5, 0.6) is 0 Å². The molecule has 0 atom stereocenters. The highest BCUT2D eigenvalue weighted by molar-refractivity contribution is 7.71. The van der Waals surface area contributed by atoms with Crippen LogP contribution < -0.4 is 0 Å². The Morgan fingerprint density at radius 3 is 2.91 bits per heavy atom. The third kappa shape index (κ3) is 4.51. The first-order valence-corrected chi connectivity index (χ1v) is 8.40. The zero-order chi connectivity index (χ0) is 16.8. The van der Waals surface area contributed by atoms with Crippen molar-refractivity contribution in [1.29, 1.82) is 0 Å². The molecule has 0 spiro atoms. The molecule has 1 heterocycles. The minimum absolute atomic E-state index is 0.136. The molecule has 1 N–H and O–H groups in total. The first-order valence-electron chi connectivity index (χ1n) is 7.99. The molecule has 0 saturated heterocycles. The highest BCUT2D eigenvalue weighted by Gasteiger charge is 2.13. The third-order valence-electron chi connectivity index (χ3n) is 3.86. The van der Waals surface area contributed by atoms with Crippen LogP contribution in [0.3, 0.4) is 0 Å². The topological polar surface area (TPSA) is 53.9 Å². The van der Waals surface area contributed by atoms with Crippen LogP contribution in [-0.2, 0) is 11.3 Å². The van der Waals surface area contributed by atoms with Gasteiger partial charge in [-0.1, -0.05) is 37.1 Å². The average Bonchev–Trinajstić information content (AvgIpc) is 2.91. The lowest BCUT2D eigenvalue weighted by Gasteiger charge is -2.17. The average molecular weight is 332 g/mol. The van der Waals surface area contributed by atoms with Crippen LogP contribution in [0.1, 0.15) is 31.7 Å². The Morgan fingerprint density at radius 2 is 2.22 bits per heavy atom. The molecule has 0 bridgehead atoms. The van der Waals surface area contributed by atoms with E-state index in [9.17, 15) is 4.79 Å². The summed E-state index contributed by atoms with van der Waals surface area (Å²) in [6, 6.07) is 8.11. The van der Waals surface area contributed by atoms with Crippen LogP contribution in [0.15, 0.2) is 24.3 Å². The van der Waals surface area contributed by atoms with Crippen molar-refractivity contribution < 1.29 is 4.79 Å². The van der Waals surface area contributed by atoms with E-state index < -0.39 is 0 Å². The molecule has 0 aliphatic heterocycles. The van der Waals surface area contributed by atoms with E-state index in [-0.39, 0.29) is 5.91 Å². The maximum absolute atomic E-state index is 12.2. The van der Waals surface area contributed by atoms with Crippen molar-refractivity contribution in [2.75, 3.05) is 13.6 Å². The van der Waals surface area contributed by atoms with Gasteiger partial charge >= 0.3 is 0 Å². The summed E-state index contributed by atoms with van der Waals surface area (Å²) in [5, 5.41) is 7.15. The van der Waals surface area contributed by atoms with Crippen molar-refractivity contribution >= 4 is 18.1 Å². The Hall–Kier alpha value is -1.95. The van der Waals surface area contributed by atoms with E-state index in [1.54, 1.807) is 4.90 Å². The summed E-state index contributed by atoms with van der Waals surface area (Å²) in [6.07, 6.45) is 2.54. The Balaban J connectivity index is 2.11. The van der Waals surface area contributed by atoms with Gasteiger partial charge in [-0.3, -0.25) is 14.5 Å². The van der Waals surface area contributed by atoms with E-state index in [1.165, 1.54) is 5.56 Å². The van der Waals surface area contributed by atoms with Crippen LogP contribution in [-0.4, -0.2) is 39.2 Å². The molecule has 5 nitrogen and oxygen atoms in total. The van der Waals surface area contributed by atoms with Gasteiger partial charge in [0.2, 0.25) is 5.91 Å². The van der Waals surface area contributed by atoms with Gasteiger partial charge in [-0.25, -0.2) is 0 Å². The van der Waals surface area contributed by atoms with Crippen molar-refractivity contribution in [2.45, 2.75) is 39.7 Å². The summed E-state index contributed by atoms with van der Waals surface area (Å²) >= 11 is 5.31. The number of H-pyrrole nitrogens is 1. The van der Waals surface area contributed by atoms with Crippen LogP contribution >= 0.6 is 12.2 Å². The molecule has 0 aliphatic carbocycles. The van der Waals surface area contributed by atoms with Crippen molar-refractivity contribution in [3.8, 4) is 11.4 Å². The molecule has 124 valence electrons. The minimum atomic E-state index is 0.136. The number of hydrogen-bond acceptors (Lipinski definition) is 3. The molecule has 6 heteroatoms. The molecule has 2 rings (SSSR count). The Bertz CT molecular complexity index is 719. The maximum Gasteiger partial charge on any atom is 0.224 e. The smallest absolute Gasteiger partial charge is 0.224 e.